The van der Waals surface area contributed by atoms with E-state index in [9.17, 15) is 22.0 Å². The van der Waals surface area contributed by atoms with Crippen molar-refractivity contribution in [1.82, 2.24) is 9.47 Å². The molecule has 0 aliphatic heterocycles. The molecule has 2 nitrogen and oxygen atoms in total. The molecule has 158 valence electrons. The van der Waals surface area contributed by atoms with E-state index in [1.54, 1.807) is 6.08 Å². The second-order valence-electron chi connectivity index (χ2n) is 7.06. The lowest BCUT2D eigenvalue weighted by Crippen LogP contribution is -2.24. The molecule has 0 unspecified atom stereocenters. The van der Waals surface area contributed by atoms with Crippen LogP contribution in [0, 0.1) is 11.6 Å². The Balaban J connectivity index is 1.73. The van der Waals surface area contributed by atoms with E-state index >= 15 is 0 Å². The highest BCUT2D eigenvalue weighted by Gasteiger charge is 2.29. The number of hydrogen-bond donors (Lipinski definition) is 0. The molecule has 0 aliphatic rings. The number of alkyl halides is 3. The smallest absolute Gasteiger partial charge is 0.346 e. The molecular formula is C23H21F5N2. The van der Waals surface area contributed by atoms with E-state index in [-0.39, 0.29) is 0 Å². The fraction of sp³-hybridized carbons (Fsp3) is 0.217. The first kappa shape index (κ1) is 21.8. The summed E-state index contributed by atoms with van der Waals surface area (Å²) in [5.41, 5.74) is 1.49. The number of hydrogen-bond acceptors (Lipinski definition) is 1. The largest absolute Gasteiger partial charge is 0.416 e. The van der Waals surface area contributed by atoms with Crippen LogP contribution in [0.5, 0.6) is 0 Å². The lowest BCUT2D eigenvalue weighted by Gasteiger charge is -2.22. The van der Waals surface area contributed by atoms with Crippen molar-refractivity contribution < 1.29 is 22.0 Å². The molecule has 30 heavy (non-hydrogen) atoms. The van der Waals surface area contributed by atoms with Crippen LogP contribution < -0.4 is 0 Å². The average Bonchev–Trinajstić information content (AvgIpc) is 3.07. The van der Waals surface area contributed by atoms with Gasteiger partial charge in [-0.1, -0.05) is 18.2 Å². The summed E-state index contributed by atoms with van der Waals surface area (Å²) in [6, 6.07) is 12.2. The van der Waals surface area contributed by atoms with Crippen molar-refractivity contribution in [2.75, 3.05) is 6.54 Å². The van der Waals surface area contributed by atoms with Crippen molar-refractivity contribution in [2.24, 2.45) is 0 Å². The van der Waals surface area contributed by atoms with Crippen molar-refractivity contribution in [2.45, 2.75) is 25.8 Å². The highest BCUT2D eigenvalue weighted by molar-refractivity contribution is 5.25. The van der Waals surface area contributed by atoms with Gasteiger partial charge in [0.15, 0.2) is 0 Å². The van der Waals surface area contributed by atoms with E-state index in [0.29, 0.717) is 31.7 Å². The van der Waals surface area contributed by atoms with Gasteiger partial charge in [0.25, 0.3) is 0 Å². The minimum atomic E-state index is -4.36. The maximum Gasteiger partial charge on any atom is 0.416 e. The van der Waals surface area contributed by atoms with Crippen molar-refractivity contribution in [1.29, 1.82) is 0 Å². The Morgan fingerprint density at radius 1 is 0.900 bits per heavy atom. The first-order chi connectivity index (χ1) is 14.2. The van der Waals surface area contributed by atoms with Crippen LogP contribution in [0.15, 0.2) is 73.4 Å². The maximum absolute atomic E-state index is 13.5. The standard InChI is InChI=1S/C23H21F5N2/c1-2-9-29(14-18-11-20(24)13-21(25)12-18)16-22-4-3-10-30(22)15-17-5-7-19(8-6-17)23(26,27)28/h2-8,10-13H,1,9,14-16H2. The summed E-state index contributed by atoms with van der Waals surface area (Å²) in [6.07, 6.45) is -0.807. The second-order valence-corrected chi connectivity index (χ2v) is 7.06. The summed E-state index contributed by atoms with van der Waals surface area (Å²) in [5, 5.41) is 0. The minimum absolute atomic E-state index is 0.326. The van der Waals surface area contributed by atoms with E-state index in [4.69, 9.17) is 0 Å². The normalized spacial score (nSPS) is 11.8. The number of rotatable bonds is 8. The SMILES string of the molecule is C=CCN(Cc1cc(F)cc(F)c1)Cc1cccn1Cc1ccc(C(F)(F)F)cc1. The Morgan fingerprint density at radius 2 is 1.57 bits per heavy atom. The number of halogens is 5. The van der Waals surface area contributed by atoms with E-state index in [0.717, 1.165) is 29.5 Å². The zero-order valence-electron chi connectivity index (χ0n) is 16.2. The van der Waals surface area contributed by atoms with Crippen molar-refractivity contribution in [3.05, 3.63) is 107 Å². The maximum atomic E-state index is 13.5. The third-order valence-electron chi connectivity index (χ3n) is 4.66. The predicted molar refractivity (Wildman–Crippen MR) is 106 cm³/mol. The molecule has 0 N–H and O–H groups in total. The van der Waals surface area contributed by atoms with Gasteiger partial charge >= 0.3 is 6.18 Å². The van der Waals surface area contributed by atoms with Crippen LogP contribution in [-0.4, -0.2) is 16.0 Å². The molecule has 0 atom stereocenters. The summed E-state index contributed by atoms with van der Waals surface area (Å²) in [4.78, 5) is 1.97. The van der Waals surface area contributed by atoms with Crippen LogP contribution >= 0.6 is 0 Å². The quantitative estimate of drug-likeness (QED) is 0.320. The van der Waals surface area contributed by atoms with Gasteiger partial charge in [-0.3, -0.25) is 4.90 Å². The van der Waals surface area contributed by atoms with E-state index in [1.807, 2.05) is 27.8 Å². The van der Waals surface area contributed by atoms with Crippen LogP contribution in [0.1, 0.15) is 22.4 Å². The molecule has 0 bridgehead atoms. The van der Waals surface area contributed by atoms with Gasteiger partial charge in [-0.2, -0.15) is 13.2 Å². The zero-order chi connectivity index (χ0) is 21.7. The third kappa shape index (κ3) is 5.79. The van der Waals surface area contributed by atoms with E-state index < -0.39 is 23.4 Å². The first-order valence-electron chi connectivity index (χ1n) is 9.33. The minimum Gasteiger partial charge on any atom is -0.346 e. The number of aromatic nitrogens is 1. The molecule has 1 heterocycles. The Kier molecular flexibility index (Phi) is 6.72. The van der Waals surface area contributed by atoms with Gasteiger partial charge in [-0.15, -0.1) is 6.58 Å². The van der Waals surface area contributed by atoms with Gasteiger partial charge in [0, 0.05) is 44.1 Å². The van der Waals surface area contributed by atoms with Crippen LogP contribution in [0.3, 0.4) is 0 Å². The molecule has 0 radical (unpaired) electrons. The van der Waals surface area contributed by atoms with Gasteiger partial charge in [0.1, 0.15) is 11.6 Å². The molecule has 1 aromatic heterocycles. The molecule has 0 aliphatic carbocycles. The molecule has 2 aromatic carbocycles. The van der Waals surface area contributed by atoms with Crippen molar-refractivity contribution in [3.8, 4) is 0 Å². The summed E-state index contributed by atoms with van der Waals surface area (Å²) in [6.45, 7) is 5.46. The van der Waals surface area contributed by atoms with Crippen molar-refractivity contribution >= 4 is 0 Å². The van der Waals surface area contributed by atoms with Gasteiger partial charge in [0.05, 0.1) is 5.56 Å². The highest BCUT2D eigenvalue weighted by Crippen LogP contribution is 2.29. The van der Waals surface area contributed by atoms with Crippen LogP contribution in [0.2, 0.25) is 0 Å². The Morgan fingerprint density at radius 3 is 2.17 bits per heavy atom. The molecule has 0 saturated carbocycles. The summed E-state index contributed by atoms with van der Waals surface area (Å²) in [7, 11) is 0. The fourth-order valence-corrected chi connectivity index (χ4v) is 3.30. The van der Waals surface area contributed by atoms with E-state index in [1.165, 1.54) is 24.3 Å². The lowest BCUT2D eigenvalue weighted by atomic mass is 10.1. The first-order valence-corrected chi connectivity index (χ1v) is 9.33. The average molecular weight is 420 g/mol. The summed E-state index contributed by atoms with van der Waals surface area (Å²) < 4.78 is 67.1. The van der Waals surface area contributed by atoms with Gasteiger partial charge in [-0.25, -0.2) is 8.78 Å². The Bertz CT molecular complexity index is 969. The molecule has 7 heteroatoms. The lowest BCUT2D eigenvalue weighted by molar-refractivity contribution is -0.137. The number of benzene rings is 2. The van der Waals surface area contributed by atoms with Gasteiger partial charge < -0.3 is 4.57 Å². The topological polar surface area (TPSA) is 8.17 Å². The number of nitrogens with zero attached hydrogens (tertiary/aromatic N) is 2. The molecule has 0 amide bonds. The monoisotopic (exact) mass is 420 g/mol. The highest BCUT2D eigenvalue weighted by atomic mass is 19.4. The van der Waals surface area contributed by atoms with Gasteiger partial charge in [-0.05, 0) is 47.5 Å². The molecular weight excluding hydrogens is 399 g/mol. The second kappa shape index (κ2) is 9.26. The fourth-order valence-electron chi connectivity index (χ4n) is 3.30. The Hall–Kier alpha value is -2.93. The van der Waals surface area contributed by atoms with Crippen molar-refractivity contribution in [3.63, 3.8) is 0 Å². The van der Waals surface area contributed by atoms with Crippen LogP contribution in [0.25, 0.3) is 0 Å². The Labute approximate surface area is 171 Å². The molecule has 0 saturated heterocycles. The molecule has 0 spiro atoms. The third-order valence-corrected chi connectivity index (χ3v) is 4.66. The van der Waals surface area contributed by atoms with Crippen LogP contribution in [0.4, 0.5) is 22.0 Å². The summed E-state index contributed by atoms with van der Waals surface area (Å²) in [5.74, 6) is -1.26. The molecule has 0 fully saturated rings. The predicted octanol–water partition coefficient (Wildman–Crippen LogP) is 6.02. The van der Waals surface area contributed by atoms with E-state index in [2.05, 4.69) is 6.58 Å². The zero-order valence-corrected chi connectivity index (χ0v) is 16.2. The van der Waals surface area contributed by atoms with Crippen LogP contribution in [-0.2, 0) is 25.8 Å². The van der Waals surface area contributed by atoms with Gasteiger partial charge in [0.2, 0.25) is 0 Å². The summed E-state index contributed by atoms with van der Waals surface area (Å²) >= 11 is 0. The molecule has 3 rings (SSSR count). The molecule has 3 aromatic rings.